The topological polar surface area (TPSA) is 65.2 Å². The number of carbonyl (C=O) groups excluding carboxylic acids is 1. The van der Waals surface area contributed by atoms with Gasteiger partial charge in [0, 0.05) is 5.71 Å². The van der Waals surface area contributed by atoms with Crippen LogP contribution in [-0.4, -0.2) is 11.7 Å². The summed E-state index contributed by atoms with van der Waals surface area (Å²) in [4.78, 5) is 15.1. The summed E-state index contributed by atoms with van der Waals surface area (Å²) in [5.41, 5.74) is 1.50. The molecule has 1 aromatic carbocycles. The van der Waals surface area contributed by atoms with Crippen LogP contribution in [-0.2, 0) is 0 Å². The van der Waals surface area contributed by atoms with E-state index in [1.807, 2.05) is 30.3 Å². The Hall–Kier alpha value is -2.15. The summed E-state index contributed by atoms with van der Waals surface area (Å²) >= 11 is 0. The molecule has 1 aliphatic heterocycles. The fourth-order valence-electron chi connectivity index (χ4n) is 1.82. The molecule has 2 rings (SSSR count). The SMILES string of the molecule is CC1=NC(=O)NC(c2ccccc2)C1C#N. The van der Waals surface area contributed by atoms with Gasteiger partial charge < -0.3 is 5.32 Å². The molecular formula is C12H11N3O. The van der Waals surface area contributed by atoms with Crippen molar-refractivity contribution < 1.29 is 4.79 Å². The molecule has 1 aliphatic rings. The Balaban J connectivity index is 2.39. The van der Waals surface area contributed by atoms with E-state index in [4.69, 9.17) is 5.26 Å². The van der Waals surface area contributed by atoms with Gasteiger partial charge >= 0.3 is 6.03 Å². The second kappa shape index (κ2) is 4.15. The number of nitrogens with one attached hydrogen (secondary N) is 1. The largest absolute Gasteiger partial charge is 0.341 e. The molecule has 1 heterocycles. The maximum Gasteiger partial charge on any atom is 0.341 e. The summed E-state index contributed by atoms with van der Waals surface area (Å²) in [5.74, 6) is -0.389. The number of aliphatic imine (C=N–C) groups is 1. The summed E-state index contributed by atoms with van der Waals surface area (Å²) in [5, 5.41) is 11.8. The fraction of sp³-hybridized carbons (Fsp3) is 0.250. The van der Waals surface area contributed by atoms with Gasteiger partial charge in [-0.15, -0.1) is 0 Å². The van der Waals surface area contributed by atoms with E-state index < -0.39 is 0 Å². The van der Waals surface area contributed by atoms with E-state index in [0.29, 0.717) is 5.71 Å². The molecule has 0 aliphatic carbocycles. The number of hydrogen-bond acceptors (Lipinski definition) is 2. The highest BCUT2D eigenvalue weighted by Gasteiger charge is 2.31. The molecular weight excluding hydrogens is 202 g/mol. The first kappa shape index (κ1) is 10.4. The second-order valence-electron chi connectivity index (χ2n) is 3.70. The van der Waals surface area contributed by atoms with E-state index in [-0.39, 0.29) is 18.0 Å². The summed E-state index contributed by atoms with van der Waals surface area (Å²) in [6.07, 6.45) is 0. The first-order valence-electron chi connectivity index (χ1n) is 5.02. The number of hydrogen-bond donors (Lipinski definition) is 1. The first-order chi connectivity index (χ1) is 7.72. The maximum absolute atomic E-state index is 11.3. The van der Waals surface area contributed by atoms with E-state index >= 15 is 0 Å². The Morgan fingerprint density at radius 2 is 2.06 bits per heavy atom. The van der Waals surface area contributed by atoms with Gasteiger partial charge in [0.15, 0.2) is 0 Å². The van der Waals surface area contributed by atoms with Crippen molar-refractivity contribution in [2.24, 2.45) is 10.9 Å². The quantitative estimate of drug-likeness (QED) is 0.775. The zero-order valence-electron chi connectivity index (χ0n) is 8.84. The normalized spacial score (nSPS) is 24.2. The predicted octanol–water partition coefficient (Wildman–Crippen LogP) is 2.05. The molecule has 0 fully saturated rings. The number of carbonyl (C=O) groups is 1. The van der Waals surface area contributed by atoms with Crippen molar-refractivity contribution in [3.8, 4) is 6.07 Å². The van der Waals surface area contributed by atoms with E-state index in [1.54, 1.807) is 6.92 Å². The van der Waals surface area contributed by atoms with Crippen LogP contribution in [0.2, 0.25) is 0 Å². The fourth-order valence-corrected chi connectivity index (χ4v) is 1.82. The molecule has 4 heteroatoms. The number of urea groups is 1. The monoisotopic (exact) mass is 213 g/mol. The Labute approximate surface area is 93.6 Å². The minimum atomic E-state index is -0.389. The predicted molar refractivity (Wildman–Crippen MR) is 59.9 cm³/mol. The number of nitrogens with zero attached hydrogens (tertiary/aromatic N) is 2. The molecule has 0 bridgehead atoms. The summed E-state index contributed by atoms with van der Waals surface area (Å²) in [6.45, 7) is 1.71. The lowest BCUT2D eigenvalue weighted by Crippen LogP contribution is -2.39. The minimum Gasteiger partial charge on any atom is -0.328 e. The van der Waals surface area contributed by atoms with Crippen LogP contribution in [0.1, 0.15) is 18.5 Å². The van der Waals surface area contributed by atoms with Crippen LogP contribution in [0.3, 0.4) is 0 Å². The van der Waals surface area contributed by atoms with Gasteiger partial charge in [-0.25, -0.2) is 9.79 Å². The third-order valence-electron chi connectivity index (χ3n) is 2.64. The molecule has 16 heavy (non-hydrogen) atoms. The smallest absolute Gasteiger partial charge is 0.328 e. The van der Waals surface area contributed by atoms with Crippen molar-refractivity contribution in [3.05, 3.63) is 35.9 Å². The lowest BCUT2D eigenvalue weighted by molar-refractivity contribution is 0.242. The second-order valence-corrected chi connectivity index (χ2v) is 3.70. The molecule has 2 atom stereocenters. The summed E-state index contributed by atoms with van der Waals surface area (Å²) in [7, 11) is 0. The molecule has 0 saturated carbocycles. The first-order valence-corrected chi connectivity index (χ1v) is 5.02. The lowest BCUT2D eigenvalue weighted by atomic mass is 9.89. The molecule has 1 aromatic rings. The van der Waals surface area contributed by atoms with Gasteiger partial charge in [0.25, 0.3) is 0 Å². The van der Waals surface area contributed by atoms with Crippen molar-refractivity contribution in [2.75, 3.05) is 0 Å². The van der Waals surface area contributed by atoms with Gasteiger partial charge in [-0.05, 0) is 12.5 Å². The Morgan fingerprint density at radius 1 is 1.38 bits per heavy atom. The Kier molecular flexibility index (Phi) is 2.69. The van der Waals surface area contributed by atoms with Gasteiger partial charge in [-0.1, -0.05) is 30.3 Å². The zero-order chi connectivity index (χ0) is 11.5. The van der Waals surface area contributed by atoms with Crippen molar-refractivity contribution in [2.45, 2.75) is 13.0 Å². The molecule has 0 aromatic heterocycles. The van der Waals surface area contributed by atoms with Crippen LogP contribution in [0.25, 0.3) is 0 Å². The molecule has 2 unspecified atom stereocenters. The number of nitriles is 1. The average molecular weight is 213 g/mol. The third-order valence-corrected chi connectivity index (χ3v) is 2.64. The van der Waals surface area contributed by atoms with E-state index in [1.165, 1.54) is 0 Å². The van der Waals surface area contributed by atoms with E-state index in [2.05, 4.69) is 16.4 Å². The van der Waals surface area contributed by atoms with Gasteiger partial charge in [0.1, 0.15) is 5.92 Å². The number of amides is 2. The van der Waals surface area contributed by atoms with Gasteiger partial charge in [-0.2, -0.15) is 5.26 Å². The standard InChI is InChI=1S/C12H11N3O/c1-8-10(7-13)11(15-12(16)14-8)9-5-3-2-4-6-9/h2-6,10-11H,1H3,(H,15,16). The van der Waals surface area contributed by atoms with E-state index in [0.717, 1.165) is 5.56 Å². The van der Waals surface area contributed by atoms with Crippen LogP contribution in [0.15, 0.2) is 35.3 Å². The third kappa shape index (κ3) is 1.80. The lowest BCUT2D eigenvalue weighted by Gasteiger charge is -2.26. The molecule has 0 spiro atoms. The zero-order valence-corrected chi connectivity index (χ0v) is 8.84. The van der Waals surface area contributed by atoms with Crippen LogP contribution in [0, 0.1) is 17.2 Å². The van der Waals surface area contributed by atoms with Gasteiger partial charge in [0.2, 0.25) is 0 Å². The maximum atomic E-state index is 11.3. The number of rotatable bonds is 1. The van der Waals surface area contributed by atoms with E-state index in [9.17, 15) is 4.79 Å². The van der Waals surface area contributed by atoms with Gasteiger partial charge in [0.05, 0.1) is 12.1 Å². The molecule has 1 N–H and O–H groups in total. The van der Waals surface area contributed by atoms with Crippen molar-refractivity contribution >= 4 is 11.7 Å². The van der Waals surface area contributed by atoms with Crippen molar-refractivity contribution in [1.82, 2.24) is 5.32 Å². The Bertz CT molecular complexity index is 473. The highest BCUT2D eigenvalue weighted by molar-refractivity contribution is 5.99. The summed E-state index contributed by atoms with van der Waals surface area (Å²) in [6, 6.07) is 11.0. The highest BCUT2D eigenvalue weighted by Crippen LogP contribution is 2.25. The molecule has 2 amide bonds. The number of benzene rings is 1. The van der Waals surface area contributed by atoms with Crippen molar-refractivity contribution in [1.29, 1.82) is 5.26 Å². The highest BCUT2D eigenvalue weighted by atomic mass is 16.2. The molecule has 4 nitrogen and oxygen atoms in total. The van der Waals surface area contributed by atoms with Gasteiger partial charge in [-0.3, -0.25) is 0 Å². The van der Waals surface area contributed by atoms with Crippen LogP contribution in [0.5, 0.6) is 0 Å². The summed E-state index contributed by atoms with van der Waals surface area (Å²) < 4.78 is 0. The molecule has 80 valence electrons. The average Bonchev–Trinajstić information content (AvgIpc) is 2.29. The van der Waals surface area contributed by atoms with Crippen LogP contribution >= 0.6 is 0 Å². The van der Waals surface area contributed by atoms with Crippen LogP contribution in [0.4, 0.5) is 4.79 Å². The molecule has 0 saturated heterocycles. The van der Waals surface area contributed by atoms with Crippen LogP contribution < -0.4 is 5.32 Å². The van der Waals surface area contributed by atoms with Crippen molar-refractivity contribution in [3.63, 3.8) is 0 Å². The minimum absolute atomic E-state index is 0.295. The Morgan fingerprint density at radius 3 is 2.69 bits per heavy atom. The molecule has 0 radical (unpaired) electrons.